The van der Waals surface area contributed by atoms with Gasteiger partial charge in [-0.3, -0.25) is 0 Å². The SMILES string of the molecule is Cc1cccnc1SC(C#N)CCc1ccccc1. The predicted molar refractivity (Wildman–Crippen MR) is 79.0 cm³/mol. The van der Waals surface area contributed by atoms with Crippen LogP contribution in [-0.2, 0) is 6.42 Å². The first-order valence-corrected chi connectivity index (χ1v) is 7.19. The summed E-state index contributed by atoms with van der Waals surface area (Å²) in [6.07, 6.45) is 3.56. The standard InChI is InChI=1S/C16H16N2S/c1-13-6-5-11-18-16(13)19-15(12-17)10-9-14-7-3-2-4-8-14/h2-8,11,15H,9-10H2,1H3. The van der Waals surface area contributed by atoms with Crippen LogP contribution in [0.4, 0.5) is 0 Å². The molecule has 2 nitrogen and oxygen atoms in total. The van der Waals surface area contributed by atoms with E-state index in [-0.39, 0.29) is 5.25 Å². The first-order chi connectivity index (χ1) is 9.29. The molecule has 0 spiro atoms. The molecule has 1 unspecified atom stereocenters. The molecule has 0 fully saturated rings. The van der Waals surface area contributed by atoms with E-state index in [2.05, 4.69) is 23.2 Å². The Morgan fingerprint density at radius 1 is 1.21 bits per heavy atom. The van der Waals surface area contributed by atoms with Gasteiger partial charge in [0.25, 0.3) is 0 Å². The van der Waals surface area contributed by atoms with E-state index >= 15 is 0 Å². The third-order valence-electron chi connectivity index (χ3n) is 2.90. The minimum Gasteiger partial charge on any atom is -0.250 e. The van der Waals surface area contributed by atoms with E-state index < -0.39 is 0 Å². The van der Waals surface area contributed by atoms with Crippen molar-refractivity contribution >= 4 is 11.8 Å². The van der Waals surface area contributed by atoms with Crippen molar-refractivity contribution in [3.63, 3.8) is 0 Å². The van der Waals surface area contributed by atoms with Gasteiger partial charge in [-0.25, -0.2) is 4.98 Å². The van der Waals surface area contributed by atoms with Gasteiger partial charge >= 0.3 is 0 Å². The Morgan fingerprint density at radius 3 is 2.68 bits per heavy atom. The zero-order valence-corrected chi connectivity index (χ0v) is 11.7. The zero-order valence-electron chi connectivity index (χ0n) is 10.9. The smallest absolute Gasteiger partial charge is 0.100 e. The molecule has 1 atom stereocenters. The van der Waals surface area contributed by atoms with Crippen molar-refractivity contribution in [2.45, 2.75) is 30.0 Å². The molecule has 0 aliphatic heterocycles. The Labute approximate surface area is 118 Å². The third-order valence-corrected chi connectivity index (χ3v) is 4.17. The molecule has 0 amide bonds. The van der Waals surface area contributed by atoms with Crippen LogP contribution in [0.3, 0.4) is 0 Å². The second kappa shape index (κ2) is 6.96. The van der Waals surface area contributed by atoms with E-state index in [4.69, 9.17) is 0 Å². The summed E-state index contributed by atoms with van der Waals surface area (Å²) in [6, 6.07) is 16.6. The highest BCUT2D eigenvalue weighted by molar-refractivity contribution is 8.00. The molecule has 1 aromatic heterocycles. The molecule has 0 radical (unpaired) electrons. The monoisotopic (exact) mass is 268 g/mol. The first-order valence-electron chi connectivity index (χ1n) is 6.31. The summed E-state index contributed by atoms with van der Waals surface area (Å²) in [7, 11) is 0. The largest absolute Gasteiger partial charge is 0.250 e. The van der Waals surface area contributed by atoms with Gasteiger partial charge in [-0.15, -0.1) is 0 Å². The highest BCUT2D eigenvalue weighted by atomic mass is 32.2. The Kier molecular flexibility index (Phi) is 5.00. The maximum absolute atomic E-state index is 9.26. The number of nitriles is 1. The van der Waals surface area contributed by atoms with Gasteiger partial charge in [-0.2, -0.15) is 5.26 Å². The molecule has 0 saturated heterocycles. The van der Waals surface area contributed by atoms with E-state index in [1.807, 2.05) is 37.3 Å². The summed E-state index contributed by atoms with van der Waals surface area (Å²) in [5.74, 6) is 0. The van der Waals surface area contributed by atoms with Crippen LogP contribution in [0.2, 0.25) is 0 Å². The second-order valence-corrected chi connectivity index (χ2v) is 5.58. The maximum atomic E-state index is 9.26. The van der Waals surface area contributed by atoms with E-state index in [1.165, 1.54) is 5.56 Å². The molecular weight excluding hydrogens is 252 g/mol. The molecule has 3 heteroatoms. The number of aryl methyl sites for hydroxylation is 2. The summed E-state index contributed by atoms with van der Waals surface area (Å²) < 4.78 is 0. The van der Waals surface area contributed by atoms with Crippen LogP contribution in [0.5, 0.6) is 0 Å². The molecule has 0 N–H and O–H groups in total. The number of rotatable bonds is 5. The lowest BCUT2D eigenvalue weighted by molar-refractivity contribution is 0.860. The molecule has 19 heavy (non-hydrogen) atoms. The van der Waals surface area contributed by atoms with Crippen LogP contribution in [0.25, 0.3) is 0 Å². The lowest BCUT2D eigenvalue weighted by Crippen LogP contribution is -2.02. The van der Waals surface area contributed by atoms with Crippen molar-refractivity contribution in [3.8, 4) is 6.07 Å². The van der Waals surface area contributed by atoms with Crippen molar-refractivity contribution in [2.75, 3.05) is 0 Å². The summed E-state index contributed by atoms with van der Waals surface area (Å²) in [5, 5.41) is 10.2. The molecule has 96 valence electrons. The van der Waals surface area contributed by atoms with Gasteiger partial charge in [-0.1, -0.05) is 48.2 Å². The van der Waals surface area contributed by atoms with Gasteiger partial charge in [0.05, 0.1) is 11.3 Å². The quantitative estimate of drug-likeness (QED) is 0.769. The maximum Gasteiger partial charge on any atom is 0.100 e. The van der Waals surface area contributed by atoms with Crippen LogP contribution in [0.1, 0.15) is 17.5 Å². The second-order valence-electron chi connectivity index (χ2n) is 4.39. The van der Waals surface area contributed by atoms with Crippen LogP contribution < -0.4 is 0 Å². The molecule has 0 aliphatic rings. The van der Waals surface area contributed by atoms with E-state index in [0.717, 1.165) is 23.4 Å². The first kappa shape index (κ1) is 13.6. The van der Waals surface area contributed by atoms with Gasteiger partial charge in [0.1, 0.15) is 5.03 Å². The fourth-order valence-electron chi connectivity index (χ4n) is 1.82. The zero-order chi connectivity index (χ0) is 13.5. The van der Waals surface area contributed by atoms with Crippen molar-refractivity contribution in [1.29, 1.82) is 5.26 Å². The summed E-state index contributed by atoms with van der Waals surface area (Å²) in [5.41, 5.74) is 2.41. The number of nitrogens with zero attached hydrogens (tertiary/aromatic N) is 2. The van der Waals surface area contributed by atoms with Crippen molar-refractivity contribution < 1.29 is 0 Å². The summed E-state index contributed by atoms with van der Waals surface area (Å²) in [4.78, 5) is 4.33. The number of benzene rings is 1. The minimum atomic E-state index is -0.0474. The number of thioether (sulfide) groups is 1. The number of hydrogen-bond donors (Lipinski definition) is 0. The molecule has 0 bridgehead atoms. The van der Waals surface area contributed by atoms with Gasteiger partial charge in [0.2, 0.25) is 0 Å². The molecule has 2 rings (SSSR count). The Morgan fingerprint density at radius 2 is 2.00 bits per heavy atom. The fourth-order valence-corrected chi connectivity index (χ4v) is 2.76. The van der Waals surface area contributed by atoms with E-state index in [0.29, 0.717) is 0 Å². The number of pyridine rings is 1. The van der Waals surface area contributed by atoms with E-state index in [9.17, 15) is 5.26 Å². The normalized spacial score (nSPS) is 11.8. The minimum absolute atomic E-state index is 0.0474. The van der Waals surface area contributed by atoms with Crippen molar-refractivity contribution in [1.82, 2.24) is 4.98 Å². The van der Waals surface area contributed by atoms with Gasteiger partial charge in [0, 0.05) is 6.20 Å². The topological polar surface area (TPSA) is 36.7 Å². The molecule has 1 heterocycles. The Hall–Kier alpha value is -1.79. The van der Waals surface area contributed by atoms with Crippen molar-refractivity contribution in [2.24, 2.45) is 0 Å². The van der Waals surface area contributed by atoms with Gasteiger partial charge in [0.15, 0.2) is 0 Å². The average Bonchev–Trinajstić information content (AvgIpc) is 2.46. The van der Waals surface area contributed by atoms with Crippen LogP contribution in [0, 0.1) is 18.3 Å². The molecule has 2 aromatic rings. The van der Waals surface area contributed by atoms with Crippen LogP contribution in [-0.4, -0.2) is 10.2 Å². The molecule has 0 saturated carbocycles. The summed E-state index contributed by atoms with van der Waals surface area (Å²) in [6.45, 7) is 2.03. The third kappa shape index (κ3) is 4.11. The van der Waals surface area contributed by atoms with Gasteiger partial charge in [-0.05, 0) is 37.0 Å². The predicted octanol–water partition coefficient (Wildman–Crippen LogP) is 4.01. The van der Waals surface area contributed by atoms with Crippen LogP contribution in [0.15, 0.2) is 53.7 Å². The highest BCUT2D eigenvalue weighted by Crippen LogP contribution is 2.26. The lowest BCUT2D eigenvalue weighted by Gasteiger charge is -2.09. The lowest BCUT2D eigenvalue weighted by atomic mass is 10.1. The number of hydrogen-bond acceptors (Lipinski definition) is 3. The van der Waals surface area contributed by atoms with Gasteiger partial charge < -0.3 is 0 Å². The van der Waals surface area contributed by atoms with Crippen LogP contribution >= 0.6 is 11.8 Å². The summed E-state index contributed by atoms with van der Waals surface area (Å²) >= 11 is 1.56. The van der Waals surface area contributed by atoms with Crippen molar-refractivity contribution in [3.05, 3.63) is 59.8 Å². The molecule has 0 aliphatic carbocycles. The Balaban J connectivity index is 1.95. The fraction of sp³-hybridized carbons (Fsp3) is 0.250. The van der Waals surface area contributed by atoms with E-state index in [1.54, 1.807) is 18.0 Å². The Bertz CT molecular complexity index is 560. The average molecular weight is 268 g/mol. The molecule has 1 aromatic carbocycles. The number of aromatic nitrogens is 1. The molecular formula is C16H16N2S. The highest BCUT2D eigenvalue weighted by Gasteiger charge is 2.11.